The molecule has 0 saturated heterocycles. The van der Waals surface area contributed by atoms with Gasteiger partial charge >= 0.3 is 12.1 Å². The molecule has 0 atom stereocenters. The van der Waals surface area contributed by atoms with E-state index in [1.807, 2.05) is 6.92 Å². The Balaban J connectivity index is 2.61. The molecule has 1 rings (SSSR count). The molecule has 1 N–H and O–H groups in total. The maximum absolute atomic E-state index is 12.7. The third-order valence-electron chi connectivity index (χ3n) is 2.39. The molecule has 4 nitrogen and oxygen atoms in total. The van der Waals surface area contributed by atoms with E-state index in [4.69, 9.17) is 0 Å². The lowest BCUT2D eigenvalue weighted by atomic mass is 10.3. The summed E-state index contributed by atoms with van der Waals surface area (Å²) in [5.74, 6) is -4.36. The van der Waals surface area contributed by atoms with E-state index in [0.29, 0.717) is 18.1 Å². The zero-order valence-corrected chi connectivity index (χ0v) is 11.6. The van der Waals surface area contributed by atoms with Gasteiger partial charge in [0.05, 0.1) is 0 Å². The van der Waals surface area contributed by atoms with Crippen LogP contribution in [0, 0.1) is 6.92 Å². The quantitative estimate of drug-likeness (QED) is 0.785. The molecule has 0 aliphatic carbocycles. The van der Waals surface area contributed by atoms with Crippen molar-refractivity contribution in [3.05, 3.63) is 17.6 Å². The standard InChI is InChI=1S/C12H16F5N3O/c1-3-4-18-9-5-8(2)19-10(20-9)6-21-7-11(13,14)12(15,16)17/h5H,3-4,6-7H2,1-2H3,(H,18,19,20). The molecule has 1 heterocycles. The highest BCUT2D eigenvalue weighted by Gasteiger charge is 2.57. The Morgan fingerprint density at radius 2 is 1.86 bits per heavy atom. The lowest BCUT2D eigenvalue weighted by molar-refractivity contribution is -0.297. The molecule has 0 bridgehead atoms. The van der Waals surface area contributed by atoms with Gasteiger partial charge in [-0.2, -0.15) is 22.0 Å². The van der Waals surface area contributed by atoms with Gasteiger partial charge in [0.2, 0.25) is 0 Å². The van der Waals surface area contributed by atoms with E-state index in [1.165, 1.54) is 0 Å². The van der Waals surface area contributed by atoms with E-state index in [9.17, 15) is 22.0 Å². The minimum Gasteiger partial charge on any atom is -0.370 e. The number of halogens is 5. The van der Waals surface area contributed by atoms with Gasteiger partial charge < -0.3 is 10.1 Å². The van der Waals surface area contributed by atoms with Crippen LogP contribution in [0.5, 0.6) is 0 Å². The van der Waals surface area contributed by atoms with Crippen molar-refractivity contribution >= 4 is 5.82 Å². The van der Waals surface area contributed by atoms with Crippen LogP contribution in [0.2, 0.25) is 0 Å². The van der Waals surface area contributed by atoms with Gasteiger partial charge in [-0.05, 0) is 13.3 Å². The summed E-state index contributed by atoms with van der Waals surface area (Å²) in [5.41, 5.74) is 0.560. The predicted octanol–water partition coefficient (Wildman–Crippen LogP) is 3.32. The number of rotatable bonds is 7. The summed E-state index contributed by atoms with van der Waals surface area (Å²) in [6.07, 6.45) is -4.78. The van der Waals surface area contributed by atoms with Gasteiger partial charge in [0.1, 0.15) is 19.0 Å². The molecule has 0 spiro atoms. The van der Waals surface area contributed by atoms with E-state index < -0.39 is 25.3 Å². The van der Waals surface area contributed by atoms with E-state index in [1.54, 1.807) is 13.0 Å². The van der Waals surface area contributed by atoms with Crippen LogP contribution in [0.25, 0.3) is 0 Å². The lowest BCUT2D eigenvalue weighted by Crippen LogP contribution is -2.40. The molecule has 21 heavy (non-hydrogen) atoms. The summed E-state index contributed by atoms with van der Waals surface area (Å²) < 4.78 is 65.6. The van der Waals surface area contributed by atoms with E-state index in [0.717, 1.165) is 6.42 Å². The van der Waals surface area contributed by atoms with Gasteiger partial charge in [0.15, 0.2) is 5.82 Å². The fourth-order valence-corrected chi connectivity index (χ4v) is 1.39. The molecule has 0 fully saturated rings. The van der Waals surface area contributed by atoms with Crippen LogP contribution in [0.3, 0.4) is 0 Å². The fraction of sp³-hybridized carbons (Fsp3) is 0.667. The summed E-state index contributed by atoms with van der Waals surface area (Å²) in [4.78, 5) is 7.90. The third kappa shape index (κ3) is 5.41. The van der Waals surface area contributed by atoms with Gasteiger partial charge in [0, 0.05) is 18.3 Å². The molecule has 0 aromatic carbocycles. The number of alkyl halides is 5. The van der Waals surface area contributed by atoms with E-state index in [2.05, 4.69) is 20.0 Å². The maximum atomic E-state index is 12.7. The molecule has 1 aromatic heterocycles. The molecule has 0 aliphatic heterocycles. The number of hydrogen-bond acceptors (Lipinski definition) is 4. The second-order valence-electron chi connectivity index (χ2n) is 4.43. The first-order valence-electron chi connectivity index (χ1n) is 6.26. The van der Waals surface area contributed by atoms with Gasteiger partial charge in [-0.3, -0.25) is 0 Å². The maximum Gasteiger partial charge on any atom is 0.455 e. The molecular formula is C12H16F5N3O. The molecule has 9 heteroatoms. The number of hydrogen-bond donors (Lipinski definition) is 1. The Labute approximate surface area is 118 Å². The summed E-state index contributed by atoms with van der Waals surface area (Å²) in [6, 6.07) is 1.64. The zero-order valence-electron chi connectivity index (χ0n) is 11.6. The van der Waals surface area contributed by atoms with Gasteiger partial charge in [-0.25, -0.2) is 9.97 Å². The Kier molecular flexibility index (Phi) is 5.82. The minimum absolute atomic E-state index is 0.0478. The highest BCUT2D eigenvalue weighted by molar-refractivity contribution is 5.35. The highest BCUT2D eigenvalue weighted by Crippen LogP contribution is 2.35. The van der Waals surface area contributed by atoms with Crippen molar-refractivity contribution in [2.75, 3.05) is 18.5 Å². The van der Waals surface area contributed by atoms with Crippen LogP contribution < -0.4 is 5.32 Å². The van der Waals surface area contributed by atoms with Crippen molar-refractivity contribution in [2.45, 2.75) is 39.0 Å². The zero-order chi connectivity index (χ0) is 16.1. The van der Waals surface area contributed by atoms with Crippen LogP contribution in [0.15, 0.2) is 6.07 Å². The number of nitrogens with zero attached hydrogens (tertiary/aromatic N) is 2. The normalized spacial score (nSPS) is 12.5. The van der Waals surface area contributed by atoms with Crippen molar-refractivity contribution in [2.24, 2.45) is 0 Å². The van der Waals surface area contributed by atoms with Crippen molar-refractivity contribution in [3.63, 3.8) is 0 Å². The van der Waals surface area contributed by atoms with Gasteiger partial charge in [-0.1, -0.05) is 6.92 Å². The molecular weight excluding hydrogens is 297 g/mol. The van der Waals surface area contributed by atoms with Crippen molar-refractivity contribution < 1.29 is 26.7 Å². The van der Waals surface area contributed by atoms with Crippen LogP contribution >= 0.6 is 0 Å². The molecule has 0 saturated carbocycles. The first-order chi connectivity index (χ1) is 9.65. The first-order valence-corrected chi connectivity index (χ1v) is 6.26. The largest absolute Gasteiger partial charge is 0.455 e. The third-order valence-corrected chi connectivity index (χ3v) is 2.39. The fourth-order valence-electron chi connectivity index (χ4n) is 1.39. The summed E-state index contributed by atoms with van der Waals surface area (Å²) in [5, 5.41) is 2.97. The summed E-state index contributed by atoms with van der Waals surface area (Å²) in [7, 11) is 0. The van der Waals surface area contributed by atoms with Gasteiger partial charge in [-0.15, -0.1) is 0 Å². The number of anilines is 1. The SMILES string of the molecule is CCCNc1cc(C)nc(COCC(F)(F)C(F)(F)F)n1. The van der Waals surface area contributed by atoms with Crippen LogP contribution in [-0.2, 0) is 11.3 Å². The molecule has 0 unspecified atom stereocenters. The lowest BCUT2D eigenvalue weighted by Gasteiger charge is -2.19. The number of aromatic nitrogens is 2. The first kappa shape index (κ1) is 17.5. The van der Waals surface area contributed by atoms with E-state index >= 15 is 0 Å². The molecule has 0 radical (unpaired) electrons. The monoisotopic (exact) mass is 313 g/mol. The molecule has 0 aliphatic rings. The van der Waals surface area contributed by atoms with E-state index in [-0.39, 0.29) is 5.82 Å². The smallest absolute Gasteiger partial charge is 0.370 e. The second kappa shape index (κ2) is 6.97. The average molecular weight is 313 g/mol. The van der Waals surface area contributed by atoms with Gasteiger partial charge in [0.25, 0.3) is 0 Å². The average Bonchev–Trinajstić information content (AvgIpc) is 2.34. The second-order valence-corrected chi connectivity index (χ2v) is 4.43. The molecule has 0 amide bonds. The van der Waals surface area contributed by atoms with Crippen molar-refractivity contribution in [3.8, 4) is 0 Å². The van der Waals surface area contributed by atoms with Crippen molar-refractivity contribution in [1.29, 1.82) is 0 Å². The molecule has 1 aromatic rings. The topological polar surface area (TPSA) is 47.0 Å². The van der Waals surface area contributed by atoms with Crippen LogP contribution in [-0.4, -0.2) is 35.2 Å². The predicted molar refractivity (Wildman–Crippen MR) is 66.2 cm³/mol. The Hall–Kier alpha value is -1.51. The number of ether oxygens (including phenoxy) is 1. The van der Waals surface area contributed by atoms with Crippen molar-refractivity contribution in [1.82, 2.24) is 9.97 Å². The van der Waals surface area contributed by atoms with Crippen LogP contribution in [0.1, 0.15) is 24.9 Å². The Bertz CT molecular complexity index is 465. The minimum atomic E-state index is -5.63. The molecule has 120 valence electrons. The number of nitrogens with one attached hydrogen (secondary N) is 1. The highest BCUT2D eigenvalue weighted by atomic mass is 19.4. The summed E-state index contributed by atoms with van der Waals surface area (Å²) >= 11 is 0. The Morgan fingerprint density at radius 1 is 1.19 bits per heavy atom. The van der Waals surface area contributed by atoms with Crippen LogP contribution in [0.4, 0.5) is 27.8 Å². The Morgan fingerprint density at radius 3 is 2.43 bits per heavy atom. The summed E-state index contributed by atoms with van der Waals surface area (Å²) in [6.45, 7) is 1.99. The number of aryl methyl sites for hydroxylation is 1.